The van der Waals surface area contributed by atoms with Crippen LogP contribution in [0.3, 0.4) is 0 Å². The SMILES string of the molecule is CCc1nc2c(N)ncnc2n1CC. The molecule has 2 aromatic heterocycles. The van der Waals surface area contributed by atoms with Gasteiger partial charge in [0, 0.05) is 13.0 Å². The minimum Gasteiger partial charge on any atom is -0.382 e. The van der Waals surface area contributed by atoms with Crippen LogP contribution >= 0.6 is 0 Å². The number of aromatic nitrogens is 4. The second-order valence-corrected chi connectivity index (χ2v) is 3.06. The standard InChI is InChI=1S/C9H13N5/c1-3-6-13-7-8(10)11-5-12-9(7)14(6)4-2/h5H,3-4H2,1-2H3,(H2,10,11,12). The highest BCUT2D eigenvalue weighted by molar-refractivity contribution is 5.81. The first-order valence-corrected chi connectivity index (χ1v) is 4.73. The lowest BCUT2D eigenvalue weighted by Crippen LogP contribution is -2.01. The van der Waals surface area contributed by atoms with E-state index >= 15 is 0 Å². The van der Waals surface area contributed by atoms with E-state index in [2.05, 4.69) is 33.4 Å². The van der Waals surface area contributed by atoms with Crippen molar-refractivity contribution in [3.8, 4) is 0 Å². The predicted octanol–water partition coefficient (Wildman–Crippen LogP) is 0.991. The van der Waals surface area contributed by atoms with E-state index < -0.39 is 0 Å². The average Bonchev–Trinajstić information content (AvgIpc) is 2.57. The van der Waals surface area contributed by atoms with E-state index in [1.54, 1.807) is 0 Å². The Labute approximate surface area is 82.0 Å². The Morgan fingerprint density at radius 1 is 1.36 bits per heavy atom. The van der Waals surface area contributed by atoms with Gasteiger partial charge in [0.15, 0.2) is 17.0 Å². The van der Waals surface area contributed by atoms with Crippen LogP contribution < -0.4 is 5.73 Å². The highest BCUT2D eigenvalue weighted by atomic mass is 15.1. The number of hydrogen-bond donors (Lipinski definition) is 1. The molecule has 2 rings (SSSR count). The molecule has 2 aromatic rings. The first kappa shape index (κ1) is 8.93. The van der Waals surface area contributed by atoms with Crippen LogP contribution in [0.1, 0.15) is 19.7 Å². The van der Waals surface area contributed by atoms with Crippen molar-refractivity contribution in [2.75, 3.05) is 5.73 Å². The number of nitrogens with two attached hydrogens (primary N) is 1. The number of nitrogen functional groups attached to an aromatic ring is 1. The van der Waals surface area contributed by atoms with Crippen molar-refractivity contribution in [2.24, 2.45) is 0 Å². The maximum atomic E-state index is 5.72. The number of anilines is 1. The molecule has 5 heteroatoms. The van der Waals surface area contributed by atoms with Gasteiger partial charge in [-0.15, -0.1) is 0 Å². The number of nitrogens with zero attached hydrogens (tertiary/aromatic N) is 4. The van der Waals surface area contributed by atoms with Crippen LogP contribution in [0, 0.1) is 0 Å². The van der Waals surface area contributed by atoms with Crippen LogP contribution in [0.5, 0.6) is 0 Å². The molecular formula is C9H13N5. The number of aryl methyl sites for hydroxylation is 2. The maximum absolute atomic E-state index is 5.72. The van der Waals surface area contributed by atoms with Gasteiger partial charge >= 0.3 is 0 Å². The highest BCUT2D eigenvalue weighted by Gasteiger charge is 2.11. The van der Waals surface area contributed by atoms with Crippen LogP contribution in [0.15, 0.2) is 6.33 Å². The second kappa shape index (κ2) is 3.25. The van der Waals surface area contributed by atoms with Crippen LogP contribution in [-0.4, -0.2) is 19.5 Å². The molecule has 14 heavy (non-hydrogen) atoms. The first-order valence-electron chi connectivity index (χ1n) is 4.73. The van der Waals surface area contributed by atoms with E-state index in [9.17, 15) is 0 Å². The molecule has 0 saturated heterocycles. The van der Waals surface area contributed by atoms with Crippen molar-refractivity contribution in [1.82, 2.24) is 19.5 Å². The molecule has 0 aliphatic rings. The molecule has 0 spiro atoms. The molecule has 0 aliphatic heterocycles. The Morgan fingerprint density at radius 3 is 2.79 bits per heavy atom. The minimum atomic E-state index is 0.455. The summed E-state index contributed by atoms with van der Waals surface area (Å²) in [6.45, 7) is 4.99. The molecule has 0 aromatic carbocycles. The summed E-state index contributed by atoms with van der Waals surface area (Å²) in [7, 11) is 0. The second-order valence-electron chi connectivity index (χ2n) is 3.06. The average molecular weight is 191 g/mol. The number of hydrogen-bond acceptors (Lipinski definition) is 4. The summed E-state index contributed by atoms with van der Waals surface area (Å²) in [5.74, 6) is 1.46. The van der Waals surface area contributed by atoms with Gasteiger partial charge in [-0.3, -0.25) is 0 Å². The molecule has 0 amide bonds. The lowest BCUT2D eigenvalue weighted by atomic mass is 10.4. The van der Waals surface area contributed by atoms with Gasteiger partial charge in [0.05, 0.1) is 0 Å². The van der Waals surface area contributed by atoms with Crippen LogP contribution in [0.2, 0.25) is 0 Å². The third-order valence-corrected chi connectivity index (χ3v) is 2.27. The van der Waals surface area contributed by atoms with Gasteiger partial charge in [-0.2, -0.15) is 0 Å². The van der Waals surface area contributed by atoms with Crippen LogP contribution in [-0.2, 0) is 13.0 Å². The van der Waals surface area contributed by atoms with Crippen molar-refractivity contribution in [2.45, 2.75) is 26.8 Å². The maximum Gasteiger partial charge on any atom is 0.165 e. The number of fused-ring (bicyclic) bond motifs is 1. The molecule has 2 heterocycles. The third-order valence-electron chi connectivity index (χ3n) is 2.27. The third kappa shape index (κ3) is 1.13. The van der Waals surface area contributed by atoms with Gasteiger partial charge in [0.2, 0.25) is 0 Å². The summed E-state index contributed by atoms with van der Waals surface area (Å²) < 4.78 is 2.06. The van der Waals surface area contributed by atoms with Crippen molar-refractivity contribution in [3.63, 3.8) is 0 Å². The van der Waals surface area contributed by atoms with Crippen molar-refractivity contribution in [3.05, 3.63) is 12.2 Å². The van der Waals surface area contributed by atoms with Crippen molar-refractivity contribution < 1.29 is 0 Å². The molecular weight excluding hydrogens is 178 g/mol. The Kier molecular flexibility index (Phi) is 2.07. The van der Waals surface area contributed by atoms with Crippen molar-refractivity contribution in [1.29, 1.82) is 0 Å². The first-order chi connectivity index (χ1) is 6.77. The fraction of sp³-hybridized carbons (Fsp3) is 0.444. The van der Waals surface area contributed by atoms with Crippen molar-refractivity contribution >= 4 is 17.0 Å². The Bertz CT molecular complexity index is 459. The van der Waals surface area contributed by atoms with Crippen LogP contribution in [0.4, 0.5) is 5.82 Å². The summed E-state index contributed by atoms with van der Waals surface area (Å²) in [5, 5.41) is 0. The van der Waals surface area contributed by atoms with Gasteiger partial charge in [-0.05, 0) is 6.92 Å². The van der Waals surface area contributed by atoms with E-state index in [-0.39, 0.29) is 0 Å². The Hall–Kier alpha value is -1.65. The Balaban J connectivity index is 2.79. The van der Waals surface area contributed by atoms with E-state index in [1.165, 1.54) is 6.33 Å². The molecule has 0 bridgehead atoms. The van der Waals surface area contributed by atoms with Crippen LogP contribution in [0.25, 0.3) is 11.2 Å². The summed E-state index contributed by atoms with van der Waals surface area (Å²) in [6, 6.07) is 0. The van der Waals surface area contributed by atoms with Gasteiger partial charge in [-0.1, -0.05) is 6.92 Å². The van der Waals surface area contributed by atoms with E-state index in [0.29, 0.717) is 11.3 Å². The van der Waals surface area contributed by atoms with E-state index in [1.807, 2.05) is 0 Å². The minimum absolute atomic E-state index is 0.455. The fourth-order valence-electron chi connectivity index (χ4n) is 1.60. The molecule has 74 valence electrons. The van der Waals surface area contributed by atoms with Gasteiger partial charge in [-0.25, -0.2) is 15.0 Å². The Morgan fingerprint density at radius 2 is 2.14 bits per heavy atom. The zero-order chi connectivity index (χ0) is 10.1. The lowest BCUT2D eigenvalue weighted by molar-refractivity contribution is 0.719. The summed E-state index contributed by atoms with van der Waals surface area (Å²) >= 11 is 0. The largest absolute Gasteiger partial charge is 0.382 e. The number of rotatable bonds is 2. The molecule has 0 unspecified atom stereocenters. The molecule has 0 aliphatic carbocycles. The predicted molar refractivity (Wildman–Crippen MR) is 54.8 cm³/mol. The fourth-order valence-corrected chi connectivity index (χ4v) is 1.60. The zero-order valence-electron chi connectivity index (χ0n) is 8.36. The summed E-state index contributed by atoms with van der Waals surface area (Å²) in [5.41, 5.74) is 7.27. The highest BCUT2D eigenvalue weighted by Crippen LogP contribution is 2.17. The molecule has 2 N–H and O–H groups in total. The van der Waals surface area contributed by atoms with Gasteiger partial charge in [0.1, 0.15) is 12.2 Å². The zero-order valence-corrected chi connectivity index (χ0v) is 8.36. The summed E-state index contributed by atoms with van der Waals surface area (Å²) in [6.07, 6.45) is 2.36. The monoisotopic (exact) mass is 191 g/mol. The smallest absolute Gasteiger partial charge is 0.165 e. The molecule has 0 atom stereocenters. The molecule has 0 radical (unpaired) electrons. The quantitative estimate of drug-likeness (QED) is 0.768. The van der Waals surface area contributed by atoms with E-state index in [0.717, 1.165) is 24.4 Å². The molecule has 0 fully saturated rings. The molecule has 5 nitrogen and oxygen atoms in total. The normalized spacial score (nSPS) is 11.0. The lowest BCUT2D eigenvalue weighted by Gasteiger charge is -2.01. The van der Waals surface area contributed by atoms with E-state index in [4.69, 9.17) is 5.73 Å². The van der Waals surface area contributed by atoms with Gasteiger partial charge < -0.3 is 10.3 Å². The van der Waals surface area contributed by atoms with Gasteiger partial charge in [0.25, 0.3) is 0 Å². The summed E-state index contributed by atoms with van der Waals surface area (Å²) in [4.78, 5) is 12.5. The number of imidazole rings is 1. The topological polar surface area (TPSA) is 69.6 Å². The molecule has 0 saturated carbocycles.